The molecule has 0 bridgehead atoms. The molecule has 0 aliphatic heterocycles. The topological polar surface area (TPSA) is 35.5 Å². The summed E-state index contributed by atoms with van der Waals surface area (Å²) in [5.74, 6) is -0.133. The van der Waals surface area contributed by atoms with Crippen LogP contribution in [0.4, 0.5) is 0 Å². The molecule has 90 valence electrons. The van der Waals surface area contributed by atoms with Crippen LogP contribution in [0.1, 0.15) is 47.5 Å². The Balaban J connectivity index is 4.27. The number of esters is 1. The molecule has 0 spiro atoms. The summed E-state index contributed by atoms with van der Waals surface area (Å²) in [4.78, 5) is 11.8. The Hall–Kier alpha value is -0.570. The van der Waals surface area contributed by atoms with Gasteiger partial charge in [0, 0.05) is 20.1 Å². The Morgan fingerprint density at radius 2 is 1.73 bits per heavy atom. The van der Waals surface area contributed by atoms with E-state index in [9.17, 15) is 4.79 Å². The molecule has 0 aromatic heterocycles. The zero-order valence-corrected chi connectivity index (χ0v) is 10.8. The SMILES string of the molecule is CCC(C)(C)C(=O)OC(C)(C)CCOC. The van der Waals surface area contributed by atoms with Crippen molar-refractivity contribution in [3.8, 4) is 0 Å². The van der Waals surface area contributed by atoms with E-state index in [0.29, 0.717) is 6.61 Å². The molecule has 0 heterocycles. The summed E-state index contributed by atoms with van der Waals surface area (Å²) < 4.78 is 10.5. The van der Waals surface area contributed by atoms with Gasteiger partial charge < -0.3 is 9.47 Å². The lowest BCUT2D eigenvalue weighted by Crippen LogP contribution is -2.36. The molecule has 0 rings (SSSR count). The molecular formula is C12H24O3. The third kappa shape index (κ3) is 5.17. The van der Waals surface area contributed by atoms with Crippen LogP contribution in [0.25, 0.3) is 0 Å². The molecule has 0 saturated carbocycles. The maximum Gasteiger partial charge on any atom is 0.312 e. The molecule has 0 atom stereocenters. The highest BCUT2D eigenvalue weighted by Crippen LogP contribution is 2.26. The first-order valence-electron chi connectivity index (χ1n) is 5.47. The predicted octanol–water partition coefficient (Wildman–Crippen LogP) is 2.78. The highest BCUT2D eigenvalue weighted by Gasteiger charge is 2.32. The summed E-state index contributed by atoms with van der Waals surface area (Å²) >= 11 is 0. The van der Waals surface area contributed by atoms with Gasteiger partial charge in [0.15, 0.2) is 0 Å². The lowest BCUT2D eigenvalue weighted by molar-refractivity contribution is -0.168. The Morgan fingerprint density at radius 1 is 1.20 bits per heavy atom. The number of carbonyl (C=O) groups excluding carboxylic acids is 1. The maximum atomic E-state index is 11.8. The van der Waals surface area contributed by atoms with E-state index in [1.807, 2.05) is 34.6 Å². The minimum atomic E-state index is -0.445. The number of ether oxygens (including phenoxy) is 2. The van der Waals surface area contributed by atoms with Crippen LogP contribution in [0.2, 0.25) is 0 Å². The first kappa shape index (κ1) is 14.4. The second-order valence-electron chi connectivity index (χ2n) is 5.13. The second-order valence-corrected chi connectivity index (χ2v) is 5.13. The maximum absolute atomic E-state index is 11.8. The van der Waals surface area contributed by atoms with Gasteiger partial charge in [-0.3, -0.25) is 4.79 Å². The highest BCUT2D eigenvalue weighted by atomic mass is 16.6. The molecule has 0 aromatic rings. The molecule has 3 heteroatoms. The van der Waals surface area contributed by atoms with Gasteiger partial charge in [-0.15, -0.1) is 0 Å². The molecule has 0 fully saturated rings. The van der Waals surface area contributed by atoms with E-state index in [2.05, 4.69) is 0 Å². The largest absolute Gasteiger partial charge is 0.459 e. The van der Waals surface area contributed by atoms with Crippen molar-refractivity contribution in [2.45, 2.75) is 53.1 Å². The molecule has 15 heavy (non-hydrogen) atoms. The van der Waals surface area contributed by atoms with E-state index in [0.717, 1.165) is 12.8 Å². The Morgan fingerprint density at radius 3 is 2.13 bits per heavy atom. The Kier molecular flexibility index (Phi) is 5.29. The zero-order chi connectivity index (χ0) is 12.1. The fourth-order valence-corrected chi connectivity index (χ4v) is 0.932. The summed E-state index contributed by atoms with van der Waals surface area (Å²) in [6, 6.07) is 0. The predicted molar refractivity (Wildman–Crippen MR) is 60.7 cm³/mol. The van der Waals surface area contributed by atoms with Gasteiger partial charge in [0.1, 0.15) is 5.60 Å². The number of hydrogen-bond donors (Lipinski definition) is 0. The fraction of sp³-hybridized carbons (Fsp3) is 0.917. The number of carbonyl (C=O) groups is 1. The molecular weight excluding hydrogens is 192 g/mol. The van der Waals surface area contributed by atoms with Crippen LogP contribution in [0.3, 0.4) is 0 Å². The van der Waals surface area contributed by atoms with Crippen LogP contribution in [-0.4, -0.2) is 25.3 Å². The fourth-order valence-electron chi connectivity index (χ4n) is 0.932. The average Bonchev–Trinajstić information content (AvgIpc) is 2.14. The van der Waals surface area contributed by atoms with Crippen molar-refractivity contribution in [1.29, 1.82) is 0 Å². The van der Waals surface area contributed by atoms with Crippen LogP contribution in [0.5, 0.6) is 0 Å². The Labute approximate surface area is 93.1 Å². The van der Waals surface area contributed by atoms with Gasteiger partial charge in [0.2, 0.25) is 0 Å². The van der Waals surface area contributed by atoms with Crippen LogP contribution in [0, 0.1) is 5.41 Å². The zero-order valence-electron chi connectivity index (χ0n) is 10.8. The average molecular weight is 216 g/mol. The summed E-state index contributed by atoms with van der Waals surface area (Å²) in [6.45, 7) is 10.2. The minimum Gasteiger partial charge on any atom is -0.459 e. The van der Waals surface area contributed by atoms with Crippen LogP contribution >= 0.6 is 0 Å². The van der Waals surface area contributed by atoms with Gasteiger partial charge in [-0.1, -0.05) is 6.92 Å². The summed E-state index contributed by atoms with van der Waals surface area (Å²) in [6.07, 6.45) is 1.50. The van der Waals surface area contributed by atoms with Crippen molar-refractivity contribution in [3.05, 3.63) is 0 Å². The molecule has 3 nitrogen and oxygen atoms in total. The lowest BCUT2D eigenvalue weighted by atomic mass is 9.90. The van der Waals surface area contributed by atoms with Gasteiger partial charge in [-0.2, -0.15) is 0 Å². The second kappa shape index (κ2) is 5.50. The van der Waals surface area contributed by atoms with Crippen LogP contribution < -0.4 is 0 Å². The molecule has 0 aromatic carbocycles. The van der Waals surface area contributed by atoms with E-state index in [1.165, 1.54) is 0 Å². The number of rotatable bonds is 6. The third-order valence-corrected chi connectivity index (χ3v) is 2.71. The molecule has 0 aliphatic carbocycles. The minimum absolute atomic E-state index is 0.133. The number of methoxy groups -OCH3 is 1. The smallest absolute Gasteiger partial charge is 0.312 e. The van der Waals surface area contributed by atoms with Gasteiger partial charge in [0.25, 0.3) is 0 Å². The van der Waals surface area contributed by atoms with Crippen molar-refractivity contribution in [2.75, 3.05) is 13.7 Å². The van der Waals surface area contributed by atoms with Crippen molar-refractivity contribution in [3.63, 3.8) is 0 Å². The van der Waals surface area contributed by atoms with Gasteiger partial charge >= 0.3 is 5.97 Å². The van der Waals surface area contributed by atoms with Crippen molar-refractivity contribution in [1.82, 2.24) is 0 Å². The first-order chi connectivity index (χ1) is 6.75. The Bertz CT molecular complexity index is 207. The van der Waals surface area contributed by atoms with Crippen molar-refractivity contribution >= 4 is 5.97 Å². The van der Waals surface area contributed by atoms with Crippen molar-refractivity contribution < 1.29 is 14.3 Å². The molecule has 0 aliphatic rings. The number of hydrogen-bond acceptors (Lipinski definition) is 3. The molecule has 0 N–H and O–H groups in total. The summed E-state index contributed by atoms with van der Waals surface area (Å²) in [5.41, 5.74) is -0.843. The van der Waals surface area contributed by atoms with E-state index in [-0.39, 0.29) is 5.97 Å². The molecule has 0 saturated heterocycles. The molecule has 0 amide bonds. The van der Waals surface area contributed by atoms with Crippen molar-refractivity contribution in [2.24, 2.45) is 5.41 Å². The van der Waals surface area contributed by atoms with E-state index >= 15 is 0 Å². The molecule has 0 unspecified atom stereocenters. The van der Waals surface area contributed by atoms with Gasteiger partial charge in [-0.25, -0.2) is 0 Å². The first-order valence-corrected chi connectivity index (χ1v) is 5.47. The third-order valence-electron chi connectivity index (χ3n) is 2.71. The van der Waals surface area contributed by atoms with Crippen LogP contribution in [-0.2, 0) is 14.3 Å². The highest BCUT2D eigenvalue weighted by molar-refractivity contribution is 5.76. The van der Waals surface area contributed by atoms with Gasteiger partial charge in [0.05, 0.1) is 5.41 Å². The standard InChI is InChI=1S/C12H24O3/c1-7-11(2,3)10(13)15-12(4,5)8-9-14-6/h7-9H2,1-6H3. The lowest BCUT2D eigenvalue weighted by Gasteiger charge is -2.30. The normalized spacial score (nSPS) is 12.7. The van der Waals surface area contributed by atoms with E-state index < -0.39 is 11.0 Å². The quantitative estimate of drug-likeness (QED) is 0.640. The monoisotopic (exact) mass is 216 g/mol. The van der Waals surface area contributed by atoms with Crippen LogP contribution in [0.15, 0.2) is 0 Å². The van der Waals surface area contributed by atoms with E-state index in [1.54, 1.807) is 7.11 Å². The summed E-state index contributed by atoms with van der Waals surface area (Å²) in [7, 11) is 1.65. The van der Waals surface area contributed by atoms with Gasteiger partial charge in [-0.05, 0) is 34.1 Å². The summed E-state index contributed by atoms with van der Waals surface area (Å²) in [5, 5.41) is 0. The van der Waals surface area contributed by atoms with E-state index in [4.69, 9.17) is 9.47 Å². The molecule has 0 radical (unpaired) electrons.